The molecule has 0 aromatic carbocycles. The molecule has 7 heteroatoms. The van der Waals surface area contributed by atoms with Crippen LogP contribution in [-0.2, 0) is 6.54 Å². The Labute approximate surface area is 121 Å². The van der Waals surface area contributed by atoms with Gasteiger partial charge in [0.05, 0.1) is 6.33 Å². The van der Waals surface area contributed by atoms with Crippen molar-refractivity contribution in [2.45, 2.75) is 13.0 Å². The molecule has 0 radical (unpaired) electrons. The molecule has 0 saturated carbocycles. The maximum absolute atomic E-state index is 11.6. The molecule has 3 N–H and O–H groups in total. The first-order valence-corrected chi connectivity index (χ1v) is 6.67. The van der Waals surface area contributed by atoms with Crippen LogP contribution in [0.4, 0.5) is 5.82 Å². The highest BCUT2D eigenvalue weighted by molar-refractivity contribution is 6.32. The van der Waals surface area contributed by atoms with Gasteiger partial charge in [-0.1, -0.05) is 17.7 Å². The van der Waals surface area contributed by atoms with Crippen molar-refractivity contribution in [2.24, 2.45) is 5.73 Å². The molecule has 6 nitrogen and oxygen atoms in total. The highest BCUT2D eigenvalue weighted by atomic mass is 35.5. The number of hydrogen-bond donors (Lipinski definition) is 2. The van der Waals surface area contributed by atoms with E-state index in [1.807, 2.05) is 17.0 Å². The summed E-state index contributed by atoms with van der Waals surface area (Å²) < 4.78 is 0. The van der Waals surface area contributed by atoms with Crippen LogP contribution in [0.15, 0.2) is 35.6 Å². The molecule has 0 atom stereocenters. The summed E-state index contributed by atoms with van der Waals surface area (Å²) >= 11 is 6.04. The zero-order chi connectivity index (χ0) is 14.4. The topological polar surface area (TPSA) is 87.9 Å². The largest absolute Gasteiger partial charge is 0.351 e. The van der Waals surface area contributed by atoms with Crippen molar-refractivity contribution in [1.29, 1.82) is 0 Å². The predicted molar refractivity (Wildman–Crippen MR) is 78.8 cm³/mol. The minimum Gasteiger partial charge on any atom is -0.351 e. The Kier molecular flexibility index (Phi) is 5.09. The molecule has 106 valence electrons. The lowest BCUT2D eigenvalue weighted by atomic mass is 10.2. The Morgan fingerprint density at radius 1 is 1.45 bits per heavy atom. The van der Waals surface area contributed by atoms with E-state index in [4.69, 9.17) is 17.3 Å². The van der Waals surface area contributed by atoms with Gasteiger partial charge in [-0.3, -0.25) is 9.78 Å². The highest BCUT2D eigenvalue weighted by Crippen LogP contribution is 2.20. The van der Waals surface area contributed by atoms with Gasteiger partial charge in [0.15, 0.2) is 5.82 Å². The van der Waals surface area contributed by atoms with E-state index in [1.54, 1.807) is 12.4 Å². The molecule has 0 amide bonds. The summed E-state index contributed by atoms with van der Waals surface area (Å²) in [7, 11) is 0. The molecule has 0 aliphatic carbocycles. The van der Waals surface area contributed by atoms with Gasteiger partial charge >= 0.3 is 0 Å². The number of H-pyrrole nitrogens is 1. The Morgan fingerprint density at radius 2 is 2.30 bits per heavy atom. The summed E-state index contributed by atoms with van der Waals surface area (Å²) in [5, 5.41) is 0.0911. The second-order valence-electron chi connectivity index (χ2n) is 4.29. The zero-order valence-electron chi connectivity index (χ0n) is 10.9. The summed E-state index contributed by atoms with van der Waals surface area (Å²) in [6, 6.07) is 3.83. The molecule has 0 fully saturated rings. The van der Waals surface area contributed by atoms with Crippen LogP contribution in [0.2, 0.25) is 5.02 Å². The molecule has 2 heterocycles. The second-order valence-corrected chi connectivity index (χ2v) is 4.67. The third-order valence-electron chi connectivity index (χ3n) is 2.81. The molecule has 20 heavy (non-hydrogen) atoms. The highest BCUT2D eigenvalue weighted by Gasteiger charge is 2.14. The molecular weight excluding hydrogens is 278 g/mol. The lowest BCUT2D eigenvalue weighted by Crippen LogP contribution is -2.28. The number of pyridine rings is 1. The number of aromatic amines is 1. The zero-order valence-corrected chi connectivity index (χ0v) is 11.7. The van der Waals surface area contributed by atoms with Gasteiger partial charge in [-0.25, -0.2) is 4.98 Å². The van der Waals surface area contributed by atoms with Crippen molar-refractivity contribution in [3.8, 4) is 0 Å². The van der Waals surface area contributed by atoms with Gasteiger partial charge in [-0.05, 0) is 24.6 Å². The van der Waals surface area contributed by atoms with Crippen LogP contribution in [0.1, 0.15) is 12.0 Å². The van der Waals surface area contributed by atoms with Gasteiger partial charge in [0.25, 0.3) is 5.56 Å². The van der Waals surface area contributed by atoms with Crippen LogP contribution in [-0.4, -0.2) is 28.0 Å². The fraction of sp³-hybridized carbons (Fsp3) is 0.308. The minimum atomic E-state index is -0.347. The molecule has 0 aliphatic heterocycles. The number of rotatable bonds is 6. The maximum Gasteiger partial charge on any atom is 0.271 e. The van der Waals surface area contributed by atoms with Crippen LogP contribution in [0.3, 0.4) is 0 Å². The number of hydrogen-bond acceptors (Lipinski definition) is 5. The average molecular weight is 294 g/mol. The second kappa shape index (κ2) is 7.02. The lowest BCUT2D eigenvalue weighted by molar-refractivity contribution is 0.722. The number of nitrogens with zero attached hydrogens (tertiary/aromatic N) is 3. The van der Waals surface area contributed by atoms with Gasteiger partial charge in [0.1, 0.15) is 5.02 Å². The first-order valence-electron chi connectivity index (χ1n) is 6.29. The fourth-order valence-corrected chi connectivity index (χ4v) is 2.07. The van der Waals surface area contributed by atoms with Gasteiger partial charge in [0, 0.05) is 25.5 Å². The molecular formula is C13H16ClN5O. The SMILES string of the molecule is NCCCN(Cc1cccnc1)c1nc[nH]c(=O)c1Cl. The van der Waals surface area contributed by atoms with Gasteiger partial charge < -0.3 is 15.6 Å². The van der Waals surface area contributed by atoms with Crippen LogP contribution in [0.5, 0.6) is 0 Å². The summed E-state index contributed by atoms with van der Waals surface area (Å²) in [5.41, 5.74) is 6.23. The monoisotopic (exact) mass is 293 g/mol. The summed E-state index contributed by atoms with van der Waals surface area (Å²) in [6.07, 6.45) is 5.62. The van der Waals surface area contributed by atoms with E-state index in [-0.39, 0.29) is 10.6 Å². The summed E-state index contributed by atoms with van der Waals surface area (Å²) in [6.45, 7) is 1.80. The van der Waals surface area contributed by atoms with Crippen LogP contribution < -0.4 is 16.2 Å². The normalized spacial score (nSPS) is 10.5. The van der Waals surface area contributed by atoms with Gasteiger partial charge in [0.2, 0.25) is 0 Å². The third-order valence-corrected chi connectivity index (χ3v) is 3.15. The summed E-state index contributed by atoms with van der Waals surface area (Å²) in [4.78, 5) is 24.2. The number of nitrogens with two attached hydrogens (primary N) is 1. The average Bonchev–Trinajstić information content (AvgIpc) is 2.48. The Morgan fingerprint density at radius 3 is 3.00 bits per heavy atom. The number of nitrogens with one attached hydrogen (secondary N) is 1. The number of halogens is 1. The first-order chi connectivity index (χ1) is 9.72. The smallest absolute Gasteiger partial charge is 0.271 e. The van der Waals surface area contributed by atoms with Crippen molar-refractivity contribution in [1.82, 2.24) is 15.0 Å². The number of aromatic nitrogens is 3. The van der Waals surface area contributed by atoms with E-state index in [9.17, 15) is 4.79 Å². The van der Waals surface area contributed by atoms with Crippen LogP contribution in [0.25, 0.3) is 0 Å². The lowest BCUT2D eigenvalue weighted by Gasteiger charge is -2.23. The van der Waals surface area contributed by atoms with Crippen molar-refractivity contribution in [2.75, 3.05) is 18.0 Å². The van der Waals surface area contributed by atoms with Crippen LogP contribution >= 0.6 is 11.6 Å². The van der Waals surface area contributed by atoms with E-state index in [0.717, 1.165) is 12.0 Å². The Hall–Kier alpha value is -1.92. The molecule has 2 aromatic rings. The Bertz CT molecular complexity index is 601. The molecule has 2 aromatic heterocycles. The molecule has 0 spiro atoms. The van der Waals surface area contributed by atoms with E-state index < -0.39 is 0 Å². The molecule has 0 aliphatic rings. The van der Waals surface area contributed by atoms with Crippen molar-refractivity contribution < 1.29 is 0 Å². The van der Waals surface area contributed by atoms with E-state index in [2.05, 4.69) is 15.0 Å². The van der Waals surface area contributed by atoms with E-state index in [1.165, 1.54) is 6.33 Å². The van der Waals surface area contributed by atoms with Crippen molar-refractivity contribution >= 4 is 17.4 Å². The van der Waals surface area contributed by atoms with E-state index in [0.29, 0.717) is 25.5 Å². The molecule has 0 saturated heterocycles. The molecule has 0 unspecified atom stereocenters. The van der Waals surface area contributed by atoms with Crippen LogP contribution in [0, 0.1) is 0 Å². The fourth-order valence-electron chi connectivity index (χ4n) is 1.85. The molecule has 2 rings (SSSR count). The standard InChI is InChI=1S/C13H16ClN5O/c14-11-12(17-9-18-13(11)20)19(6-2-4-15)8-10-3-1-5-16-7-10/h1,3,5,7,9H,2,4,6,8,15H2,(H,17,18,20). The van der Waals surface area contributed by atoms with Crippen molar-refractivity contribution in [3.05, 3.63) is 51.8 Å². The molecule has 0 bridgehead atoms. The maximum atomic E-state index is 11.6. The third kappa shape index (κ3) is 3.55. The minimum absolute atomic E-state index is 0.0911. The van der Waals surface area contributed by atoms with Gasteiger partial charge in [-0.2, -0.15) is 0 Å². The quantitative estimate of drug-likeness (QED) is 0.835. The van der Waals surface area contributed by atoms with Gasteiger partial charge in [-0.15, -0.1) is 0 Å². The predicted octanol–water partition coefficient (Wildman–Crippen LogP) is 1.17. The summed E-state index contributed by atoms with van der Waals surface area (Å²) in [5.74, 6) is 0.465. The van der Waals surface area contributed by atoms with E-state index >= 15 is 0 Å². The van der Waals surface area contributed by atoms with Crippen molar-refractivity contribution in [3.63, 3.8) is 0 Å². The number of anilines is 1. The first kappa shape index (κ1) is 14.5. The Balaban J connectivity index is 2.27.